The van der Waals surface area contributed by atoms with Gasteiger partial charge in [-0.05, 0) is 36.8 Å². The predicted molar refractivity (Wildman–Crippen MR) is 75.9 cm³/mol. The lowest BCUT2D eigenvalue weighted by Gasteiger charge is -2.26. The number of halogens is 3. The monoisotopic (exact) mass is 298 g/mol. The smallest absolute Gasteiger partial charge is 0.142 e. The van der Waals surface area contributed by atoms with Gasteiger partial charge in [0.1, 0.15) is 5.82 Å². The molecule has 1 atom stereocenters. The van der Waals surface area contributed by atoms with Gasteiger partial charge in [0.2, 0.25) is 0 Å². The lowest BCUT2D eigenvalue weighted by atomic mass is 9.88. The van der Waals surface area contributed by atoms with E-state index >= 15 is 0 Å². The number of rotatable bonds is 3. The standard InChI is InChI=1S/C14H13Cl2FN2/c1-14(18,8-9-4-2-3-5-19-9)10-6-13(17)12(16)7-11(10)15/h2-7H,8,18H2,1H3. The van der Waals surface area contributed by atoms with Gasteiger partial charge in [-0.1, -0.05) is 29.3 Å². The molecule has 1 heterocycles. The van der Waals surface area contributed by atoms with Crippen molar-refractivity contribution in [2.75, 3.05) is 0 Å². The molecule has 0 bridgehead atoms. The fourth-order valence-electron chi connectivity index (χ4n) is 1.93. The van der Waals surface area contributed by atoms with E-state index in [1.807, 2.05) is 18.2 Å². The summed E-state index contributed by atoms with van der Waals surface area (Å²) in [5.41, 5.74) is 6.77. The maximum atomic E-state index is 13.6. The molecule has 2 nitrogen and oxygen atoms in total. The predicted octanol–water partition coefficient (Wildman–Crippen LogP) is 3.94. The molecule has 5 heteroatoms. The zero-order chi connectivity index (χ0) is 14.0. The van der Waals surface area contributed by atoms with E-state index in [1.165, 1.54) is 12.1 Å². The van der Waals surface area contributed by atoms with Crippen LogP contribution >= 0.6 is 23.2 Å². The third-order valence-electron chi connectivity index (χ3n) is 2.90. The SMILES string of the molecule is CC(N)(Cc1ccccn1)c1cc(F)c(Cl)cc1Cl. The Morgan fingerprint density at radius 3 is 2.63 bits per heavy atom. The number of hydrogen-bond donors (Lipinski definition) is 1. The van der Waals surface area contributed by atoms with E-state index in [9.17, 15) is 4.39 Å². The Bertz CT molecular complexity index is 585. The molecule has 0 aliphatic carbocycles. The Morgan fingerprint density at radius 1 is 1.26 bits per heavy atom. The van der Waals surface area contributed by atoms with Gasteiger partial charge >= 0.3 is 0 Å². The second-order valence-electron chi connectivity index (χ2n) is 4.66. The van der Waals surface area contributed by atoms with Gasteiger partial charge in [0.15, 0.2) is 0 Å². The van der Waals surface area contributed by atoms with E-state index in [2.05, 4.69) is 4.98 Å². The summed E-state index contributed by atoms with van der Waals surface area (Å²) in [4.78, 5) is 4.22. The highest BCUT2D eigenvalue weighted by atomic mass is 35.5. The molecular formula is C14H13Cl2FN2. The van der Waals surface area contributed by atoms with Crippen LogP contribution in [0.4, 0.5) is 4.39 Å². The molecule has 0 aliphatic heterocycles. The van der Waals surface area contributed by atoms with Gasteiger partial charge in [-0.3, -0.25) is 4.98 Å². The highest BCUT2D eigenvalue weighted by molar-refractivity contribution is 6.35. The summed E-state index contributed by atoms with van der Waals surface area (Å²) in [6, 6.07) is 8.23. The second-order valence-corrected chi connectivity index (χ2v) is 5.48. The molecule has 2 aromatic rings. The van der Waals surface area contributed by atoms with Gasteiger partial charge < -0.3 is 5.73 Å². The van der Waals surface area contributed by atoms with E-state index in [-0.39, 0.29) is 5.02 Å². The van der Waals surface area contributed by atoms with E-state index in [4.69, 9.17) is 28.9 Å². The van der Waals surface area contributed by atoms with Crippen LogP contribution in [0.25, 0.3) is 0 Å². The first-order chi connectivity index (χ1) is 8.90. The molecule has 0 fully saturated rings. The van der Waals surface area contributed by atoms with Crippen molar-refractivity contribution in [1.82, 2.24) is 4.98 Å². The summed E-state index contributed by atoms with van der Waals surface area (Å²) in [5.74, 6) is -0.529. The third-order valence-corrected chi connectivity index (χ3v) is 3.50. The van der Waals surface area contributed by atoms with Crippen molar-refractivity contribution in [1.29, 1.82) is 0 Å². The fourth-order valence-corrected chi connectivity index (χ4v) is 2.53. The summed E-state index contributed by atoms with van der Waals surface area (Å²) < 4.78 is 13.6. The maximum absolute atomic E-state index is 13.6. The van der Waals surface area contributed by atoms with Crippen LogP contribution in [0, 0.1) is 5.82 Å². The average molecular weight is 299 g/mol. The number of nitrogens with zero attached hydrogens (tertiary/aromatic N) is 1. The van der Waals surface area contributed by atoms with Gasteiger partial charge in [-0.15, -0.1) is 0 Å². The van der Waals surface area contributed by atoms with Gasteiger partial charge in [-0.25, -0.2) is 4.39 Å². The van der Waals surface area contributed by atoms with Gasteiger partial charge in [0, 0.05) is 28.9 Å². The van der Waals surface area contributed by atoms with Crippen molar-refractivity contribution in [3.05, 3.63) is 63.6 Å². The molecule has 1 aromatic heterocycles. The van der Waals surface area contributed by atoms with Crippen molar-refractivity contribution in [3.63, 3.8) is 0 Å². The zero-order valence-electron chi connectivity index (χ0n) is 10.3. The molecule has 0 saturated heterocycles. The molecule has 1 aromatic carbocycles. The molecule has 100 valence electrons. The molecule has 0 radical (unpaired) electrons. The zero-order valence-corrected chi connectivity index (χ0v) is 11.8. The number of nitrogens with two attached hydrogens (primary N) is 1. The highest BCUT2D eigenvalue weighted by Crippen LogP contribution is 2.32. The highest BCUT2D eigenvalue weighted by Gasteiger charge is 2.26. The Morgan fingerprint density at radius 2 is 2.00 bits per heavy atom. The normalized spacial score (nSPS) is 14.2. The van der Waals surface area contributed by atoms with Crippen LogP contribution in [0.5, 0.6) is 0 Å². The fraction of sp³-hybridized carbons (Fsp3) is 0.214. The Balaban J connectivity index is 2.37. The Labute approximate surface area is 121 Å². The first-order valence-corrected chi connectivity index (χ1v) is 6.49. The molecule has 19 heavy (non-hydrogen) atoms. The molecule has 0 amide bonds. The van der Waals surface area contributed by atoms with Gasteiger partial charge in [0.05, 0.1) is 5.02 Å². The van der Waals surface area contributed by atoms with Crippen LogP contribution in [-0.2, 0) is 12.0 Å². The lowest BCUT2D eigenvalue weighted by Crippen LogP contribution is -2.36. The van der Waals surface area contributed by atoms with E-state index < -0.39 is 11.4 Å². The Kier molecular flexibility index (Phi) is 4.09. The summed E-state index contributed by atoms with van der Waals surface area (Å²) in [7, 11) is 0. The molecular weight excluding hydrogens is 286 g/mol. The topological polar surface area (TPSA) is 38.9 Å². The molecule has 0 saturated carbocycles. The number of benzene rings is 1. The summed E-state index contributed by atoms with van der Waals surface area (Å²) in [6.07, 6.45) is 2.14. The van der Waals surface area contributed by atoms with Gasteiger partial charge in [-0.2, -0.15) is 0 Å². The van der Waals surface area contributed by atoms with Crippen molar-refractivity contribution in [3.8, 4) is 0 Å². The Hall–Kier alpha value is -1.16. The maximum Gasteiger partial charge on any atom is 0.142 e. The average Bonchev–Trinajstić information content (AvgIpc) is 2.34. The molecule has 2 rings (SSSR count). The third kappa shape index (κ3) is 3.24. The summed E-state index contributed by atoms with van der Waals surface area (Å²) in [5, 5.41) is 0.342. The number of aromatic nitrogens is 1. The van der Waals surface area contributed by atoms with Crippen LogP contribution in [0.15, 0.2) is 36.5 Å². The largest absolute Gasteiger partial charge is 0.321 e. The van der Waals surface area contributed by atoms with E-state index in [0.717, 1.165) is 5.69 Å². The van der Waals surface area contributed by atoms with Crippen molar-refractivity contribution in [2.24, 2.45) is 5.73 Å². The summed E-state index contributed by atoms with van der Waals surface area (Å²) in [6.45, 7) is 1.79. The van der Waals surface area contributed by atoms with Crippen LogP contribution < -0.4 is 5.73 Å². The van der Waals surface area contributed by atoms with Gasteiger partial charge in [0.25, 0.3) is 0 Å². The first-order valence-electron chi connectivity index (χ1n) is 5.74. The quantitative estimate of drug-likeness (QED) is 0.872. The molecule has 0 spiro atoms. The van der Waals surface area contributed by atoms with Crippen LogP contribution in [0.2, 0.25) is 10.0 Å². The molecule has 0 aliphatic rings. The minimum Gasteiger partial charge on any atom is -0.321 e. The molecule has 1 unspecified atom stereocenters. The minimum atomic E-state index is -0.823. The van der Waals surface area contributed by atoms with Crippen LogP contribution in [0.3, 0.4) is 0 Å². The number of pyridine rings is 1. The second kappa shape index (κ2) is 5.45. The van der Waals surface area contributed by atoms with Crippen LogP contribution in [0.1, 0.15) is 18.2 Å². The van der Waals surface area contributed by atoms with E-state index in [1.54, 1.807) is 13.1 Å². The van der Waals surface area contributed by atoms with Crippen molar-refractivity contribution < 1.29 is 4.39 Å². The summed E-state index contributed by atoms with van der Waals surface area (Å²) >= 11 is 11.8. The minimum absolute atomic E-state index is 0.0117. The van der Waals surface area contributed by atoms with Crippen LogP contribution in [-0.4, -0.2) is 4.98 Å². The first kappa shape index (κ1) is 14.3. The lowest BCUT2D eigenvalue weighted by molar-refractivity contribution is 0.480. The number of hydrogen-bond acceptors (Lipinski definition) is 2. The van der Waals surface area contributed by atoms with E-state index in [0.29, 0.717) is 17.0 Å². The van der Waals surface area contributed by atoms with Crippen molar-refractivity contribution >= 4 is 23.2 Å². The molecule has 2 N–H and O–H groups in total. The van der Waals surface area contributed by atoms with Crippen molar-refractivity contribution in [2.45, 2.75) is 18.9 Å².